The van der Waals surface area contributed by atoms with Gasteiger partial charge in [0.05, 0.1) is 11.4 Å². The van der Waals surface area contributed by atoms with Crippen molar-refractivity contribution in [3.63, 3.8) is 0 Å². The number of aliphatic hydroxyl groups is 1. The molecule has 1 aliphatic heterocycles. The van der Waals surface area contributed by atoms with Crippen LogP contribution in [0.1, 0.15) is 25.1 Å². The molecule has 116 valence electrons. The van der Waals surface area contributed by atoms with E-state index in [4.69, 9.17) is 4.84 Å². The summed E-state index contributed by atoms with van der Waals surface area (Å²) < 4.78 is 2.09. The van der Waals surface area contributed by atoms with Crippen molar-refractivity contribution in [1.29, 1.82) is 0 Å². The summed E-state index contributed by atoms with van der Waals surface area (Å²) in [6, 6.07) is 12.4. The van der Waals surface area contributed by atoms with Gasteiger partial charge < -0.3 is 19.8 Å². The van der Waals surface area contributed by atoms with E-state index in [0.717, 1.165) is 22.7 Å². The number of fused-ring (bicyclic) bond motifs is 3. The van der Waals surface area contributed by atoms with Crippen LogP contribution in [0.15, 0.2) is 47.8 Å². The summed E-state index contributed by atoms with van der Waals surface area (Å²) in [6.07, 6.45) is 1.44. The van der Waals surface area contributed by atoms with E-state index in [1.807, 2.05) is 50.4 Å². The number of rotatable bonds is 6. The molecule has 0 fully saturated rings. The number of oxime groups is 1. The number of aliphatic hydroxyl groups excluding tert-OH is 1. The van der Waals surface area contributed by atoms with E-state index in [1.165, 1.54) is 0 Å². The normalized spacial score (nSPS) is 15.9. The third-order valence-electron chi connectivity index (χ3n) is 3.59. The van der Waals surface area contributed by atoms with Crippen LogP contribution in [0.25, 0.3) is 5.69 Å². The fraction of sp³-hybridized carbons (Fsp3) is 0.353. The molecule has 1 aliphatic rings. The maximum Gasteiger partial charge on any atom is 0.144 e. The van der Waals surface area contributed by atoms with E-state index in [0.29, 0.717) is 12.6 Å². The number of nitrogens with one attached hydrogen (secondary N) is 1. The smallest absolute Gasteiger partial charge is 0.144 e. The first-order valence-electron chi connectivity index (χ1n) is 7.55. The van der Waals surface area contributed by atoms with Crippen molar-refractivity contribution in [2.24, 2.45) is 5.16 Å². The van der Waals surface area contributed by atoms with Crippen LogP contribution in [0.3, 0.4) is 0 Å². The third-order valence-corrected chi connectivity index (χ3v) is 3.59. The summed E-state index contributed by atoms with van der Waals surface area (Å²) in [4.78, 5) is 5.38. The first-order chi connectivity index (χ1) is 10.7. The molecule has 2 aromatic rings. The Kier molecular flexibility index (Phi) is 4.27. The Labute approximate surface area is 130 Å². The van der Waals surface area contributed by atoms with Crippen LogP contribution < -0.4 is 5.32 Å². The molecule has 1 atom stereocenters. The summed E-state index contributed by atoms with van der Waals surface area (Å²) in [5, 5.41) is 17.3. The Hall–Kier alpha value is -2.11. The van der Waals surface area contributed by atoms with Crippen molar-refractivity contribution in [3.05, 3.63) is 53.9 Å². The minimum Gasteiger partial charge on any atom is -0.392 e. The average molecular weight is 299 g/mol. The first kappa shape index (κ1) is 14.8. The van der Waals surface area contributed by atoms with E-state index in [9.17, 15) is 5.11 Å². The van der Waals surface area contributed by atoms with Gasteiger partial charge in [0.1, 0.15) is 18.4 Å². The van der Waals surface area contributed by atoms with Crippen molar-refractivity contribution in [1.82, 2.24) is 9.88 Å². The van der Waals surface area contributed by atoms with E-state index in [-0.39, 0.29) is 6.61 Å². The van der Waals surface area contributed by atoms with Gasteiger partial charge in [-0.2, -0.15) is 0 Å². The molecule has 0 bridgehead atoms. The second-order valence-corrected chi connectivity index (χ2v) is 5.73. The Morgan fingerprint density at radius 2 is 2.05 bits per heavy atom. The van der Waals surface area contributed by atoms with Crippen molar-refractivity contribution < 1.29 is 9.94 Å². The van der Waals surface area contributed by atoms with Crippen LogP contribution in [0.5, 0.6) is 0 Å². The van der Waals surface area contributed by atoms with Crippen LogP contribution in [0.2, 0.25) is 0 Å². The standard InChI is InChI=1S/C17H21N3O2/c1-12(2)18-10-13(21)11-22-19-17-14-6-3-4-7-15(14)20-9-5-8-16(17)20/h3-9,12-13,18,21H,10-11H2,1-2H3. The summed E-state index contributed by atoms with van der Waals surface area (Å²) in [7, 11) is 0. The van der Waals surface area contributed by atoms with Gasteiger partial charge in [-0.05, 0) is 18.2 Å². The Morgan fingerprint density at radius 1 is 1.23 bits per heavy atom. The number of benzene rings is 1. The molecule has 0 spiro atoms. The van der Waals surface area contributed by atoms with E-state index < -0.39 is 6.10 Å². The molecular formula is C17H21N3O2. The molecule has 5 nitrogen and oxygen atoms in total. The topological polar surface area (TPSA) is 58.8 Å². The summed E-state index contributed by atoms with van der Waals surface area (Å²) in [5.41, 5.74) is 3.97. The fourth-order valence-electron chi connectivity index (χ4n) is 2.52. The molecule has 0 saturated carbocycles. The minimum atomic E-state index is -0.574. The number of para-hydroxylation sites is 1. The number of nitrogens with zero attached hydrogens (tertiary/aromatic N) is 2. The molecule has 22 heavy (non-hydrogen) atoms. The molecule has 0 aliphatic carbocycles. The van der Waals surface area contributed by atoms with Gasteiger partial charge in [0.2, 0.25) is 0 Å². The van der Waals surface area contributed by atoms with Crippen LogP contribution >= 0.6 is 0 Å². The van der Waals surface area contributed by atoms with E-state index in [2.05, 4.69) is 21.1 Å². The van der Waals surface area contributed by atoms with Gasteiger partial charge in [-0.1, -0.05) is 37.2 Å². The predicted octanol–water partition coefficient (Wildman–Crippen LogP) is 1.92. The number of hydrogen-bond donors (Lipinski definition) is 2. The quantitative estimate of drug-likeness (QED) is 0.684. The second kappa shape index (κ2) is 6.34. The highest BCUT2D eigenvalue weighted by Crippen LogP contribution is 2.28. The SMILES string of the molecule is CC(C)NCC(O)CON=C1c2ccccc2-n2cccc21. The van der Waals surface area contributed by atoms with Gasteiger partial charge in [0, 0.05) is 24.3 Å². The summed E-state index contributed by atoms with van der Waals surface area (Å²) >= 11 is 0. The molecule has 2 heterocycles. The number of aromatic nitrogens is 1. The molecule has 1 aromatic carbocycles. The lowest BCUT2D eigenvalue weighted by Crippen LogP contribution is -2.34. The highest BCUT2D eigenvalue weighted by Gasteiger charge is 2.24. The zero-order valence-electron chi connectivity index (χ0n) is 12.9. The van der Waals surface area contributed by atoms with Gasteiger partial charge in [-0.3, -0.25) is 0 Å². The van der Waals surface area contributed by atoms with E-state index in [1.54, 1.807) is 0 Å². The highest BCUT2D eigenvalue weighted by atomic mass is 16.6. The summed E-state index contributed by atoms with van der Waals surface area (Å²) in [6.45, 7) is 4.75. The molecule has 0 radical (unpaired) electrons. The minimum absolute atomic E-state index is 0.173. The predicted molar refractivity (Wildman–Crippen MR) is 86.5 cm³/mol. The summed E-state index contributed by atoms with van der Waals surface area (Å²) in [5.74, 6) is 0. The zero-order valence-corrected chi connectivity index (χ0v) is 12.9. The van der Waals surface area contributed by atoms with E-state index >= 15 is 0 Å². The third kappa shape index (κ3) is 2.91. The Morgan fingerprint density at radius 3 is 2.86 bits per heavy atom. The van der Waals surface area contributed by atoms with Crippen LogP contribution in [0, 0.1) is 0 Å². The van der Waals surface area contributed by atoms with Gasteiger partial charge in [-0.25, -0.2) is 0 Å². The first-order valence-corrected chi connectivity index (χ1v) is 7.55. The largest absolute Gasteiger partial charge is 0.392 e. The number of hydrogen-bond acceptors (Lipinski definition) is 4. The lowest BCUT2D eigenvalue weighted by Gasteiger charge is -2.12. The molecule has 1 aromatic heterocycles. The fourth-order valence-corrected chi connectivity index (χ4v) is 2.52. The van der Waals surface area contributed by atoms with Gasteiger partial charge in [0.25, 0.3) is 0 Å². The molecule has 5 heteroatoms. The zero-order chi connectivity index (χ0) is 15.5. The van der Waals surface area contributed by atoms with Crippen molar-refractivity contribution in [2.75, 3.05) is 13.2 Å². The maximum atomic E-state index is 9.86. The molecule has 0 amide bonds. The highest BCUT2D eigenvalue weighted by molar-refractivity contribution is 6.17. The molecule has 3 rings (SSSR count). The molecule has 0 saturated heterocycles. The van der Waals surface area contributed by atoms with Gasteiger partial charge in [0.15, 0.2) is 0 Å². The van der Waals surface area contributed by atoms with Crippen LogP contribution in [-0.4, -0.2) is 40.7 Å². The lowest BCUT2D eigenvalue weighted by atomic mass is 10.1. The van der Waals surface area contributed by atoms with Crippen molar-refractivity contribution in [3.8, 4) is 5.69 Å². The van der Waals surface area contributed by atoms with Gasteiger partial charge in [-0.15, -0.1) is 0 Å². The molecular weight excluding hydrogens is 278 g/mol. The van der Waals surface area contributed by atoms with Crippen LogP contribution in [0.4, 0.5) is 0 Å². The van der Waals surface area contributed by atoms with Crippen molar-refractivity contribution >= 4 is 5.71 Å². The lowest BCUT2D eigenvalue weighted by molar-refractivity contribution is 0.0396. The second-order valence-electron chi connectivity index (χ2n) is 5.73. The molecule has 2 N–H and O–H groups in total. The van der Waals surface area contributed by atoms with Crippen molar-refractivity contribution in [2.45, 2.75) is 26.0 Å². The van der Waals surface area contributed by atoms with Crippen LogP contribution in [-0.2, 0) is 4.84 Å². The molecule has 1 unspecified atom stereocenters. The Bertz CT molecular complexity index is 676. The average Bonchev–Trinajstić information content (AvgIpc) is 3.08. The maximum absolute atomic E-state index is 9.86. The Balaban J connectivity index is 1.70. The monoisotopic (exact) mass is 299 g/mol. The van der Waals surface area contributed by atoms with Gasteiger partial charge >= 0.3 is 0 Å².